The van der Waals surface area contributed by atoms with Gasteiger partial charge in [0, 0.05) is 11.3 Å². The van der Waals surface area contributed by atoms with Gasteiger partial charge in [-0.3, -0.25) is 5.32 Å². The Bertz CT molecular complexity index is 675. The topological polar surface area (TPSA) is 47.6 Å². The third-order valence-electron chi connectivity index (χ3n) is 2.86. The van der Waals surface area contributed by atoms with Gasteiger partial charge in [0.05, 0.1) is 25.9 Å². The zero-order valence-corrected chi connectivity index (χ0v) is 14.6. The molecular weight excluding hydrogens is 346 g/mol. The molecule has 1 N–H and O–H groups in total. The molecule has 0 heterocycles. The molecule has 4 nitrogen and oxygen atoms in total. The van der Waals surface area contributed by atoms with Crippen molar-refractivity contribution >= 4 is 25.0 Å². The number of carbonyl (C=O) groups excluding carboxylic acids is 1. The van der Waals surface area contributed by atoms with Crippen molar-refractivity contribution in [2.24, 2.45) is 0 Å². The molecule has 9 heteroatoms. The molecule has 0 aliphatic carbocycles. The minimum absolute atomic E-state index is 0.00546. The lowest BCUT2D eigenvalue weighted by molar-refractivity contribution is -0.274. The van der Waals surface area contributed by atoms with Gasteiger partial charge in [0.1, 0.15) is 5.82 Å². The van der Waals surface area contributed by atoms with Gasteiger partial charge in [0.25, 0.3) is 0 Å². The van der Waals surface area contributed by atoms with Crippen molar-refractivity contribution in [3.05, 3.63) is 17.4 Å². The molecule has 0 saturated heterocycles. The number of carbonyl (C=O) groups is 1. The van der Waals surface area contributed by atoms with Crippen LogP contribution in [0.1, 0.15) is 12.5 Å². The molecule has 0 bridgehead atoms. The number of nitrogens with one attached hydrogen (secondary N) is 1. The van der Waals surface area contributed by atoms with Crippen molar-refractivity contribution in [2.75, 3.05) is 11.9 Å². The van der Waals surface area contributed by atoms with Crippen LogP contribution in [0, 0.1) is 18.2 Å². The maximum Gasteiger partial charge on any atom is 0.573 e. The van der Waals surface area contributed by atoms with Crippen molar-refractivity contribution in [3.8, 4) is 18.1 Å². The van der Waals surface area contributed by atoms with E-state index in [0.717, 1.165) is 6.07 Å². The monoisotopic (exact) mass is 363 g/mol. The molecule has 24 heavy (non-hydrogen) atoms. The summed E-state index contributed by atoms with van der Waals surface area (Å²) in [5, 5.41) is 2.06. The summed E-state index contributed by atoms with van der Waals surface area (Å²) in [5.41, 5.74) is -0.789. The highest BCUT2D eigenvalue weighted by Gasteiger charge is 2.36. The average Bonchev–Trinajstić information content (AvgIpc) is 2.39. The number of ether oxygens (including phenoxy) is 2. The smallest absolute Gasteiger partial charge is 0.450 e. The van der Waals surface area contributed by atoms with E-state index in [4.69, 9.17) is 6.42 Å². The standard InChI is InChI=1S/C15H17F4NO3Si/c1-6-9-8-10(23-15(17,18)19)12(20-14(21)22-7-2)13(11(9)16)24(3,4)5/h1,8H,7H2,2-5H3,(H,20,21). The van der Waals surface area contributed by atoms with E-state index >= 15 is 0 Å². The van der Waals surface area contributed by atoms with Crippen LogP contribution in [0.3, 0.4) is 0 Å². The summed E-state index contributed by atoms with van der Waals surface area (Å²) in [6, 6.07) is 0.730. The van der Waals surface area contributed by atoms with Gasteiger partial charge in [-0.15, -0.1) is 19.6 Å². The predicted molar refractivity (Wildman–Crippen MR) is 84.6 cm³/mol. The normalized spacial score (nSPS) is 11.6. The number of rotatable bonds is 4. The van der Waals surface area contributed by atoms with Crippen LogP contribution in [0.2, 0.25) is 19.6 Å². The Hall–Kier alpha value is -2.21. The van der Waals surface area contributed by atoms with Gasteiger partial charge >= 0.3 is 12.5 Å². The Balaban J connectivity index is 3.66. The molecule has 0 spiro atoms. The lowest BCUT2D eigenvalue weighted by Gasteiger charge is -2.25. The summed E-state index contributed by atoms with van der Waals surface area (Å²) in [6.45, 7) is 6.60. The van der Waals surface area contributed by atoms with Crippen molar-refractivity contribution in [2.45, 2.75) is 32.9 Å². The first-order chi connectivity index (χ1) is 10.9. The second-order valence-corrected chi connectivity index (χ2v) is 10.8. The molecule has 0 atom stereocenters. The Morgan fingerprint density at radius 1 is 1.38 bits per heavy atom. The molecule has 0 radical (unpaired) electrons. The second-order valence-electron chi connectivity index (χ2n) is 5.77. The van der Waals surface area contributed by atoms with E-state index in [0.29, 0.717) is 0 Å². The van der Waals surface area contributed by atoms with Crippen molar-refractivity contribution in [3.63, 3.8) is 0 Å². The van der Waals surface area contributed by atoms with E-state index in [1.807, 2.05) is 5.92 Å². The Kier molecular flexibility index (Phi) is 5.89. The van der Waals surface area contributed by atoms with Gasteiger partial charge in [0.15, 0.2) is 5.75 Å². The van der Waals surface area contributed by atoms with Crippen molar-refractivity contribution in [1.82, 2.24) is 0 Å². The van der Waals surface area contributed by atoms with Crippen LogP contribution in [0.25, 0.3) is 0 Å². The van der Waals surface area contributed by atoms with E-state index in [-0.39, 0.29) is 17.4 Å². The van der Waals surface area contributed by atoms with Crippen LogP contribution in [0.5, 0.6) is 5.75 Å². The van der Waals surface area contributed by atoms with Crippen LogP contribution in [-0.4, -0.2) is 27.1 Å². The van der Waals surface area contributed by atoms with E-state index < -0.39 is 37.8 Å². The number of hydrogen-bond acceptors (Lipinski definition) is 3. The summed E-state index contributed by atoms with van der Waals surface area (Å²) in [6.07, 6.45) is -0.882. The van der Waals surface area contributed by atoms with Crippen LogP contribution < -0.4 is 15.2 Å². The van der Waals surface area contributed by atoms with Crippen molar-refractivity contribution in [1.29, 1.82) is 0 Å². The molecule has 0 saturated carbocycles. The molecule has 1 rings (SSSR count). The number of halogens is 4. The summed E-state index contributed by atoms with van der Waals surface area (Å²) in [5.74, 6) is 0.371. The first-order valence-electron chi connectivity index (χ1n) is 6.93. The quantitative estimate of drug-likeness (QED) is 0.503. The SMILES string of the molecule is C#Cc1cc(OC(F)(F)F)c(NC(=O)OCC)c([Si](C)(C)C)c1F. The molecule has 132 valence electrons. The number of hydrogen-bond donors (Lipinski definition) is 1. The average molecular weight is 363 g/mol. The minimum Gasteiger partial charge on any atom is -0.450 e. The highest BCUT2D eigenvalue weighted by atomic mass is 28.3. The predicted octanol–water partition coefficient (Wildman–Crippen LogP) is 3.82. The lowest BCUT2D eigenvalue weighted by atomic mass is 10.1. The largest absolute Gasteiger partial charge is 0.573 e. The fourth-order valence-electron chi connectivity index (χ4n) is 2.04. The number of anilines is 1. The molecule has 0 unspecified atom stereocenters. The maximum absolute atomic E-state index is 14.6. The molecular formula is C15H17F4NO3Si. The Labute approximate surface area is 138 Å². The third kappa shape index (κ3) is 4.89. The van der Waals surface area contributed by atoms with Gasteiger partial charge in [-0.1, -0.05) is 25.6 Å². The van der Waals surface area contributed by atoms with Gasteiger partial charge in [-0.2, -0.15) is 0 Å². The van der Waals surface area contributed by atoms with Gasteiger partial charge in [-0.25, -0.2) is 9.18 Å². The van der Waals surface area contributed by atoms with Crippen LogP contribution in [0.4, 0.5) is 28.0 Å². The molecule has 1 amide bonds. The number of terminal acetylenes is 1. The van der Waals surface area contributed by atoms with Crippen LogP contribution in [0.15, 0.2) is 6.07 Å². The van der Waals surface area contributed by atoms with Crippen LogP contribution in [-0.2, 0) is 4.74 Å². The number of alkyl halides is 3. The molecule has 0 aromatic heterocycles. The molecule has 1 aromatic rings. The zero-order chi connectivity index (χ0) is 18.7. The summed E-state index contributed by atoms with van der Waals surface area (Å²) >= 11 is 0. The van der Waals surface area contributed by atoms with Gasteiger partial charge in [-0.05, 0) is 6.92 Å². The Morgan fingerprint density at radius 2 is 1.96 bits per heavy atom. The van der Waals surface area contributed by atoms with Gasteiger partial charge < -0.3 is 9.47 Å². The van der Waals surface area contributed by atoms with E-state index in [1.165, 1.54) is 6.92 Å². The molecule has 0 aliphatic rings. The minimum atomic E-state index is -5.04. The van der Waals surface area contributed by atoms with E-state index in [9.17, 15) is 22.4 Å². The summed E-state index contributed by atoms with van der Waals surface area (Å²) in [4.78, 5) is 11.7. The lowest BCUT2D eigenvalue weighted by Crippen LogP contribution is -2.43. The van der Waals surface area contributed by atoms with E-state index in [1.54, 1.807) is 19.6 Å². The molecule has 1 aromatic carbocycles. The number of amides is 1. The fraction of sp³-hybridized carbons (Fsp3) is 0.400. The third-order valence-corrected chi connectivity index (χ3v) is 4.83. The first-order valence-corrected chi connectivity index (χ1v) is 10.4. The maximum atomic E-state index is 14.6. The second kappa shape index (κ2) is 7.13. The summed E-state index contributed by atoms with van der Waals surface area (Å²) in [7, 11) is -2.55. The van der Waals surface area contributed by atoms with Crippen molar-refractivity contribution < 1.29 is 31.8 Å². The summed E-state index contributed by atoms with van der Waals surface area (Å²) < 4.78 is 61.3. The Morgan fingerprint density at radius 3 is 2.38 bits per heavy atom. The van der Waals surface area contributed by atoms with Gasteiger partial charge in [0.2, 0.25) is 0 Å². The molecule has 0 fully saturated rings. The molecule has 0 aliphatic heterocycles. The number of benzene rings is 1. The highest BCUT2D eigenvalue weighted by molar-refractivity contribution is 6.90. The fourth-order valence-corrected chi connectivity index (χ4v) is 3.77. The van der Waals surface area contributed by atoms with E-state index in [2.05, 4.69) is 14.8 Å². The highest BCUT2D eigenvalue weighted by Crippen LogP contribution is 2.33. The van der Waals surface area contributed by atoms with Crippen LogP contribution >= 0.6 is 0 Å². The zero-order valence-electron chi connectivity index (χ0n) is 13.6. The first kappa shape index (κ1) is 19.8.